The van der Waals surface area contributed by atoms with Crippen molar-refractivity contribution in [1.29, 1.82) is 0 Å². The third kappa shape index (κ3) is 2.57. The van der Waals surface area contributed by atoms with Gasteiger partial charge in [0.25, 0.3) is 0 Å². The number of hydrogen-bond donors (Lipinski definition) is 0. The average molecular weight is 355 g/mol. The summed E-state index contributed by atoms with van der Waals surface area (Å²) in [4.78, 5) is 27.7. The van der Waals surface area contributed by atoms with Crippen LogP contribution in [0, 0.1) is 18.8 Å². The van der Waals surface area contributed by atoms with Crippen LogP contribution < -0.4 is 4.90 Å². The Kier molecular flexibility index (Phi) is 4.35. The van der Waals surface area contributed by atoms with Crippen molar-refractivity contribution in [1.82, 2.24) is 0 Å². The Morgan fingerprint density at radius 2 is 2.15 bits per heavy atom. The lowest BCUT2D eigenvalue weighted by Crippen LogP contribution is -2.40. The van der Waals surface area contributed by atoms with E-state index >= 15 is 0 Å². The largest absolute Gasteiger partial charge is 0.465 e. The first-order valence-corrected chi connectivity index (χ1v) is 9.48. The lowest BCUT2D eigenvalue weighted by atomic mass is 9.77. The first-order chi connectivity index (χ1) is 12.6. The van der Waals surface area contributed by atoms with Gasteiger partial charge in [0.15, 0.2) is 0 Å². The fourth-order valence-electron chi connectivity index (χ4n) is 4.46. The molecule has 0 radical (unpaired) electrons. The van der Waals surface area contributed by atoms with E-state index in [2.05, 4.69) is 6.92 Å². The lowest BCUT2D eigenvalue weighted by Gasteiger charge is -2.23. The normalized spacial score (nSPS) is 31.5. The molecule has 4 rings (SSSR count). The van der Waals surface area contributed by atoms with E-state index in [-0.39, 0.29) is 18.0 Å². The van der Waals surface area contributed by atoms with Gasteiger partial charge in [-0.25, -0.2) is 0 Å². The summed E-state index contributed by atoms with van der Waals surface area (Å²) in [5, 5.41) is 0. The molecule has 5 heteroatoms. The van der Waals surface area contributed by atoms with Gasteiger partial charge < -0.3 is 14.4 Å². The Hall–Kier alpha value is -2.14. The zero-order valence-electron chi connectivity index (χ0n) is 15.3. The Morgan fingerprint density at radius 3 is 2.92 bits per heavy atom. The smallest absolute Gasteiger partial charge is 0.312 e. The van der Waals surface area contributed by atoms with E-state index in [9.17, 15) is 9.59 Å². The van der Waals surface area contributed by atoms with Crippen LogP contribution in [0.5, 0.6) is 0 Å². The highest BCUT2D eigenvalue weighted by Crippen LogP contribution is 2.53. The number of unbranched alkanes of at least 4 members (excludes halogenated alkanes) is 2. The number of rotatable bonds is 6. The van der Waals surface area contributed by atoms with Gasteiger partial charge in [0, 0.05) is 5.69 Å². The monoisotopic (exact) mass is 355 g/mol. The standard InChI is InChI=1S/C21H25NO4/c1-3-4-7-12-25-20(24)17-16-10-11-21(26-16)13-22(19(23)18(17)21)15-9-6-5-8-14(15)2/h5-6,8-11,16-18H,3-4,7,12-13H2,1-2H3/t16-,17+,18+,21+/m0/s1. The molecule has 4 atom stereocenters. The third-order valence-corrected chi connectivity index (χ3v) is 5.77. The van der Waals surface area contributed by atoms with Crippen molar-refractivity contribution in [3.05, 3.63) is 42.0 Å². The van der Waals surface area contributed by atoms with E-state index in [0.29, 0.717) is 13.2 Å². The van der Waals surface area contributed by atoms with Crippen LogP contribution in [0.2, 0.25) is 0 Å². The van der Waals surface area contributed by atoms with Gasteiger partial charge in [-0.2, -0.15) is 0 Å². The molecule has 3 heterocycles. The molecule has 3 aliphatic heterocycles. The molecular weight excluding hydrogens is 330 g/mol. The van der Waals surface area contributed by atoms with E-state index in [1.54, 1.807) is 4.90 Å². The molecule has 1 aromatic rings. The van der Waals surface area contributed by atoms with E-state index in [1.165, 1.54) is 0 Å². The van der Waals surface area contributed by atoms with Gasteiger partial charge in [-0.15, -0.1) is 0 Å². The zero-order chi connectivity index (χ0) is 18.3. The highest BCUT2D eigenvalue weighted by molar-refractivity contribution is 6.03. The van der Waals surface area contributed by atoms with Crippen LogP contribution in [0.25, 0.3) is 0 Å². The molecule has 2 bridgehead atoms. The quantitative estimate of drug-likeness (QED) is 0.447. The lowest BCUT2D eigenvalue weighted by molar-refractivity contribution is -0.152. The highest BCUT2D eigenvalue weighted by Gasteiger charge is 2.67. The zero-order valence-corrected chi connectivity index (χ0v) is 15.3. The first kappa shape index (κ1) is 17.3. The van der Waals surface area contributed by atoms with Crippen LogP contribution in [-0.4, -0.2) is 36.7 Å². The van der Waals surface area contributed by atoms with E-state index in [1.807, 2.05) is 43.3 Å². The van der Waals surface area contributed by atoms with Crippen LogP contribution in [0.1, 0.15) is 31.7 Å². The molecule has 0 aliphatic carbocycles. The van der Waals surface area contributed by atoms with Gasteiger partial charge in [-0.1, -0.05) is 50.1 Å². The summed E-state index contributed by atoms with van der Waals surface area (Å²) in [7, 11) is 0. The van der Waals surface area contributed by atoms with Crippen molar-refractivity contribution in [3.8, 4) is 0 Å². The molecule has 5 nitrogen and oxygen atoms in total. The molecule has 1 amide bonds. The molecule has 2 fully saturated rings. The molecule has 3 aliphatic rings. The SMILES string of the molecule is CCCCCOC(=O)[C@@H]1[C@@H]2C=C[C@]3(CN(c4ccccc4C)C(=O)[C@@H]13)O2. The van der Waals surface area contributed by atoms with Crippen LogP contribution >= 0.6 is 0 Å². The molecule has 0 unspecified atom stereocenters. The van der Waals surface area contributed by atoms with Crippen molar-refractivity contribution in [2.45, 2.75) is 44.8 Å². The van der Waals surface area contributed by atoms with E-state index < -0.39 is 17.4 Å². The summed E-state index contributed by atoms with van der Waals surface area (Å²) < 4.78 is 11.6. The highest BCUT2D eigenvalue weighted by atomic mass is 16.6. The average Bonchev–Trinajstić information content (AvgIpc) is 3.27. The van der Waals surface area contributed by atoms with Crippen LogP contribution in [0.4, 0.5) is 5.69 Å². The number of hydrogen-bond acceptors (Lipinski definition) is 4. The fourth-order valence-corrected chi connectivity index (χ4v) is 4.46. The maximum Gasteiger partial charge on any atom is 0.312 e. The molecule has 1 spiro atoms. The minimum atomic E-state index is -0.697. The van der Waals surface area contributed by atoms with Gasteiger partial charge in [0.2, 0.25) is 5.91 Å². The predicted octanol–water partition coefficient (Wildman–Crippen LogP) is 3.01. The fraction of sp³-hybridized carbons (Fsp3) is 0.524. The molecule has 138 valence electrons. The van der Waals surface area contributed by atoms with Crippen molar-refractivity contribution >= 4 is 17.6 Å². The molecular formula is C21H25NO4. The summed E-state index contributed by atoms with van der Waals surface area (Å²) in [5.74, 6) is -1.37. The maximum absolute atomic E-state index is 13.2. The van der Waals surface area contributed by atoms with Crippen molar-refractivity contribution in [2.24, 2.45) is 11.8 Å². The predicted molar refractivity (Wildman–Crippen MR) is 97.7 cm³/mol. The van der Waals surface area contributed by atoms with E-state index in [0.717, 1.165) is 30.5 Å². The number of benzene rings is 1. The topological polar surface area (TPSA) is 55.8 Å². The van der Waals surface area contributed by atoms with Crippen LogP contribution in [0.15, 0.2) is 36.4 Å². The van der Waals surface area contributed by atoms with Gasteiger partial charge in [0.05, 0.1) is 25.2 Å². The first-order valence-electron chi connectivity index (χ1n) is 9.48. The number of ether oxygens (including phenoxy) is 2. The van der Waals surface area contributed by atoms with Gasteiger partial charge in [-0.3, -0.25) is 9.59 Å². The third-order valence-electron chi connectivity index (χ3n) is 5.77. The second kappa shape index (κ2) is 6.54. The van der Waals surface area contributed by atoms with Crippen molar-refractivity contribution in [2.75, 3.05) is 18.1 Å². The Bertz CT molecular complexity index is 758. The summed E-state index contributed by atoms with van der Waals surface area (Å²) in [6, 6.07) is 7.81. The molecule has 1 aromatic carbocycles. The van der Waals surface area contributed by atoms with Gasteiger partial charge >= 0.3 is 5.97 Å². The van der Waals surface area contributed by atoms with Crippen LogP contribution in [-0.2, 0) is 19.1 Å². The minimum Gasteiger partial charge on any atom is -0.465 e. The number of para-hydroxylation sites is 1. The number of nitrogens with zero attached hydrogens (tertiary/aromatic N) is 1. The summed E-state index contributed by atoms with van der Waals surface area (Å²) in [6.45, 7) is 4.96. The molecule has 2 saturated heterocycles. The molecule has 0 saturated carbocycles. The van der Waals surface area contributed by atoms with Gasteiger partial charge in [-0.05, 0) is 25.0 Å². The van der Waals surface area contributed by atoms with E-state index in [4.69, 9.17) is 9.47 Å². The Labute approximate surface area is 154 Å². The number of amides is 1. The minimum absolute atomic E-state index is 0.0401. The van der Waals surface area contributed by atoms with Crippen molar-refractivity contribution in [3.63, 3.8) is 0 Å². The number of fused-ring (bicyclic) bond motifs is 1. The van der Waals surface area contributed by atoms with Crippen LogP contribution in [0.3, 0.4) is 0 Å². The number of carbonyl (C=O) groups excluding carboxylic acids is 2. The van der Waals surface area contributed by atoms with Gasteiger partial charge in [0.1, 0.15) is 11.5 Å². The second-order valence-electron chi connectivity index (χ2n) is 7.49. The molecule has 0 N–H and O–H groups in total. The summed E-state index contributed by atoms with van der Waals surface area (Å²) in [6.07, 6.45) is 6.51. The number of aryl methyl sites for hydroxylation is 1. The number of esters is 1. The summed E-state index contributed by atoms with van der Waals surface area (Å²) in [5.41, 5.74) is 1.23. The maximum atomic E-state index is 13.2. The Balaban J connectivity index is 1.56. The second-order valence-corrected chi connectivity index (χ2v) is 7.49. The number of anilines is 1. The number of carbonyl (C=O) groups is 2. The molecule has 0 aromatic heterocycles. The molecule has 26 heavy (non-hydrogen) atoms. The summed E-state index contributed by atoms with van der Waals surface area (Å²) >= 11 is 0. The van der Waals surface area contributed by atoms with Crippen molar-refractivity contribution < 1.29 is 19.1 Å². The Morgan fingerprint density at radius 1 is 1.35 bits per heavy atom.